The Hall–Kier alpha value is -1.22. The van der Waals surface area contributed by atoms with Gasteiger partial charge >= 0.3 is 0 Å². The second-order valence-electron chi connectivity index (χ2n) is 4.49. The number of thioether (sulfide) groups is 1. The van der Waals surface area contributed by atoms with Crippen molar-refractivity contribution in [3.8, 4) is 11.3 Å². The maximum atomic E-state index is 4.37. The Balaban J connectivity index is 2.26. The molecule has 0 aliphatic heterocycles. The predicted octanol–water partition coefficient (Wildman–Crippen LogP) is 3.90. The van der Waals surface area contributed by atoms with Crippen LogP contribution in [-0.4, -0.2) is 15.0 Å². The molecule has 0 radical (unpaired) electrons. The number of nitrogens with zero attached hydrogens (tertiary/aromatic N) is 2. The lowest BCUT2D eigenvalue weighted by molar-refractivity contribution is 0.764. The zero-order valence-electron chi connectivity index (χ0n) is 10.8. The van der Waals surface area contributed by atoms with Gasteiger partial charge in [-0.15, -0.1) is 11.8 Å². The Kier molecular flexibility index (Phi) is 3.57. The molecule has 0 aliphatic rings. The molecule has 1 aromatic heterocycles. The van der Waals surface area contributed by atoms with E-state index in [0.29, 0.717) is 5.25 Å². The van der Waals surface area contributed by atoms with Crippen LogP contribution in [0.4, 0.5) is 0 Å². The topological polar surface area (TPSA) is 17.8 Å². The highest BCUT2D eigenvalue weighted by molar-refractivity contribution is 7.99. The smallest absolute Gasteiger partial charge is 0.0681 e. The van der Waals surface area contributed by atoms with Gasteiger partial charge in [-0.2, -0.15) is 5.10 Å². The van der Waals surface area contributed by atoms with E-state index in [1.807, 2.05) is 30.4 Å². The van der Waals surface area contributed by atoms with Crippen molar-refractivity contribution >= 4 is 11.8 Å². The molecule has 0 spiro atoms. The van der Waals surface area contributed by atoms with Crippen molar-refractivity contribution in [2.75, 3.05) is 0 Å². The molecule has 0 atom stereocenters. The average molecular weight is 246 g/mol. The van der Waals surface area contributed by atoms with Crippen molar-refractivity contribution in [3.05, 3.63) is 36.0 Å². The summed E-state index contributed by atoms with van der Waals surface area (Å²) in [6.45, 7) is 6.44. The molecule has 1 aromatic carbocycles. The largest absolute Gasteiger partial charge is 0.268 e. The Labute approximate surface area is 107 Å². The highest BCUT2D eigenvalue weighted by atomic mass is 32.2. The van der Waals surface area contributed by atoms with E-state index in [9.17, 15) is 0 Å². The molecule has 3 heteroatoms. The molecule has 0 saturated heterocycles. The predicted molar refractivity (Wildman–Crippen MR) is 74.4 cm³/mol. The van der Waals surface area contributed by atoms with Crippen molar-refractivity contribution in [3.63, 3.8) is 0 Å². The summed E-state index contributed by atoms with van der Waals surface area (Å²) in [5, 5.41) is 4.99. The van der Waals surface area contributed by atoms with Crippen LogP contribution in [0.2, 0.25) is 0 Å². The van der Waals surface area contributed by atoms with Gasteiger partial charge in [-0.3, -0.25) is 4.68 Å². The van der Waals surface area contributed by atoms with Gasteiger partial charge in [0, 0.05) is 17.2 Å². The third kappa shape index (κ3) is 2.91. The fourth-order valence-electron chi connectivity index (χ4n) is 1.86. The molecule has 0 N–H and O–H groups in total. The van der Waals surface area contributed by atoms with Crippen LogP contribution in [0.1, 0.15) is 19.5 Å². The van der Waals surface area contributed by atoms with Crippen molar-refractivity contribution in [2.24, 2.45) is 7.05 Å². The van der Waals surface area contributed by atoms with Gasteiger partial charge in [-0.25, -0.2) is 0 Å². The molecule has 0 unspecified atom stereocenters. The molecule has 0 amide bonds. The minimum atomic E-state index is 0.625. The normalized spacial score (nSPS) is 11.1. The molecule has 2 nitrogen and oxygen atoms in total. The number of rotatable bonds is 3. The molecule has 2 aromatic rings. The van der Waals surface area contributed by atoms with Gasteiger partial charge in [-0.1, -0.05) is 26.0 Å². The zero-order valence-corrected chi connectivity index (χ0v) is 11.6. The summed E-state index contributed by atoms with van der Waals surface area (Å²) in [6, 6.07) is 10.8. The van der Waals surface area contributed by atoms with Crippen LogP contribution in [0.3, 0.4) is 0 Å². The summed E-state index contributed by atoms with van der Waals surface area (Å²) < 4.78 is 1.93. The van der Waals surface area contributed by atoms with E-state index in [1.165, 1.54) is 16.2 Å². The number of hydrogen-bond donors (Lipinski definition) is 0. The molecule has 17 heavy (non-hydrogen) atoms. The van der Waals surface area contributed by atoms with Crippen molar-refractivity contribution in [1.82, 2.24) is 9.78 Å². The van der Waals surface area contributed by atoms with Crippen LogP contribution in [0.25, 0.3) is 11.3 Å². The van der Waals surface area contributed by atoms with Gasteiger partial charge in [0.25, 0.3) is 0 Å². The number of benzene rings is 1. The lowest BCUT2D eigenvalue weighted by Crippen LogP contribution is -1.93. The van der Waals surface area contributed by atoms with Gasteiger partial charge in [0.15, 0.2) is 0 Å². The minimum absolute atomic E-state index is 0.625. The van der Waals surface area contributed by atoms with Gasteiger partial charge < -0.3 is 0 Å². The Morgan fingerprint density at radius 2 is 1.82 bits per heavy atom. The van der Waals surface area contributed by atoms with Gasteiger partial charge in [0.05, 0.1) is 11.4 Å². The first-order valence-electron chi connectivity index (χ1n) is 5.84. The molecule has 0 saturated carbocycles. The molecule has 90 valence electrons. The van der Waals surface area contributed by atoms with Crippen molar-refractivity contribution < 1.29 is 0 Å². The Morgan fingerprint density at radius 1 is 1.18 bits per heavy atom. The summed E-state index contributed by atoms with van der Waals surface area (Å²) >= 11 is 1.89. The third-order valence-electron chi connectivity index (χ3n) is 2.52. The van der Waals surface area contributed by atoms with Crippen LogP contribution in [0, 0.1) is 6.92 Å². The molecule has 0 fully saturated rings. The summed E-state index contributed by atoms with van der Waals surface area (Å²) in [4.78, 5) is 1.32. The Bertz CT molecular complexity index is 497. The lowest BCUT2D eigenvalue weighted by Gasteiger charge is -2.06. The SMILES string of the molecule is Cc1cc(-c2ccc(SC(C)C)cc2)n(C)n1. The summed E-state index contributed by atoms with van der Waals surface area (Å²) in [7, 11) is 1.99. The second-order valence-corrected chi connectivity index (χ2v) is 6.14. The van der Waals surface area contributed by atoms with Gasteiger partial charge in [0.2, 0.25) is 0 Å². The first-order valence-corrected chi connectivity index (χ1v) is 6.72. The number of aromatic nitrogens is 2. The highest BCUT2D eigenvalue weighted by Gasteiger charge is 2.05. The molecule has 1 heterocycles. The van der Waals surface area contributed by atoms with Crippen LogP contribution < -0.4 is 0 Å². The van der Waals surface area contributed by atoms with E-state index < -0.39 is 0 Å². The monoisotopic (exact) mass is 246 g/mol. The maximum Gasteiger partial charge on any atom is 0.0681 e. The van der Waals surface area contributed by atoms with E-state index >= 15 is 0 Å². The van der Waals surface area contributed by atoms with E-state index in [0.717, 1.165) is 5.69 Å². The summed E-state index contributed by atoms with van der Waals surface area (Å²) in [6.07, 6.45) is 0. The number of aryl methyl sites for hydroxylation is 2. The zero-order chi connectivity index (χ0) is 12.4. The molecule has 0 aliphatic carbocycles. The van der Waals surface area contributed by atoms with Crippen LogP contribution in [0.5, 0.6) is 0 Å². The van der Waals surface area contributed by atoms with Crippen LogP contribution >= 0.6 is 11.8 Å². The van der Waals surface area contributed by atoms with E-state index in [2.05, 4.69) is 49.3 Å². The molecular weight excluding hydrogens is 228 g/mol. The summed E-state index contributed by atoms with van der Waals surface area (Å²) in [5.74, 6) is 0. The highest BCUT2D eigenvalue weighted by Crippen LogP contribution is 2.26. The molecule has 2 rings (SSSR count). The summed E-state index contributed by atoms with van der Waals surface area (Å²) in [5.41, 5.74) is 3.45. The number of hydrogen-bond acceptors (Lipinski definition) is 2. The van der Waals surface area contributed by atoms with Crippen LogP contribution in [-0.2, 0) is 7.05 Å². The minimum Gasteiger partial charge on any atom is -0.268 e. The van der Waals surface area contributed by atoms with E-state index in [4.69, 9.17) is 0 Å². The second kappa shape index (κ2) is 4.96. The molecular formula is C14H18N2S. The van der Waals surface area contributed by atoms with Crippen molar-refractivity contribution in [1.29, 1.82) is 0 Å². The van der Waals surface area contributed by atoms with Gasteiger partial charge in [0.1, 0.15) is 0 Å². The average Bonchev–Trinajstić information content (AvgIpc) is 2.58. The van der Waals surface area contributed by atoms with E-state index in [1.54, 1.807) is 0 Å². The maximum absolute atomic E-state index is 4.37. The Morgan fingerprint density at radius 3 is 2.29 bits per heavy atom. The van der Waals surface area contributed by atoms with Gasteiger partial charge in [-0.05, 0) is 30.7 Å². The fourth-order valence-corrected chi connectivity index (χ4v) is 2.69. The fraction of sp³-hybridized carbons (Fsp3) is 0.357. The van der Waals surface area contributed by atoms with Crippen molar-refractivity contribution in [2.45, 2.75) is 30.9 Å². The van der Waals surface area contributed by atoms with Crippen LogP contribution in [0.15, 0.2) is 35.2 Å². The first-order chi connectivity index (χ1) is 8.06. The lowest BCUT2D eigenvalue weighted by atomic mass is 10.1. The quantitative estimate of drug-likeness (QED) is 0.764. The standard InChI is InChI=1S/C14H18N2S/c1-10(2)17-13-7-5-12(6-8-13)14-9-11(3)15-16(14)4/h5-10H,1-4H3. The molecule has 0 bridgehead atoms. The third-order valence-corrected chi connectivity index (χ3v) is 3.54. The van der Waals surface area contributed by atoms with E-state index in [-0.39, 0.29) is 0 Å². The first kappa shape index (κ1) is 12.2.